The molecular weight excluding hydrogens is 567 g/mol. The van der Waals surface area contributed by atoms with E-state index < -0.39 is 23.8 Å². The molecule has 2 N–H and O–H groups in total. The van der Waals surface area contributed by atoms with Gasteiger partial charge in [0.25, 0.3) is 5.91 Å². The van der Waals surface area contributed by atoms with Crippen LogP contribution in [-0.4, -0.2) is 74.4 Å². The standard InChI is InChI=1S/C31H38F3N3O6/c32-31(33,34)30(40)43-25-12-11-23(29-28(25)36-26(38)21-42-29)13-16-35-17-18-37(24-9-5-2-6-10-24)27(39)15-20-41-19-14-22-7-3-1-4-8-22/h1,3-4,7-8,11-12,24,35H,2,5-6,9-10,13-21H2,(H,36,38). The molecule has 2 aromatic rings. The van der Waals surface area contributed by atoms with Gasteiger partial charge in [-0.05, 0) is 49.4 Å². The summed E-state index contributed by atoms with van der Waals surface area (Å²) in [7, 11) is 0. The number of anilines is 1. The summed E-state index contributed by atoms with van der Waals surface area (Å²) in [6.45, 7) is 2.21. The van der Waals surface area contributed by atoms with Crippen molar-refractivity contribution in [3.05, 3.63) is 53.6 Å². The molecule has 1 saturated carbocycles. The van der Waals surface area contributed by atoms with E-state index in [0.29, 0.717) is 51.3 Å². The lowest BCUT2D eigenvalue weighted by Crippen LogP contribution is -2.45. The topological polar surface area (TPSA) is 106 Å². The molecule has 0 bridgehead atoms. The summed E-state index contributed by atoms with van der Waals surface area (Å²) in [5.74, 6) is -3.15. The number of hydrogen-bond donors (Lipinski definition) is 2. The molecule has 43 heavy (non-hydrogen) atoms. The Balaban J connectivity index is 1.26. The van der Waals surface area contributed by atoms with Crippen LogP contribution in [0.3, 0.4) is 0 Å². The van der Waals surface area contributed by atoms with Crippen LogP contribution in [0.25, 0.3) is 0 Å². The molecule has 1 aliphatic heterocycles. The lowest BCUT2D eigenvalue weighted by Gasteiger charge is -2.34. The molecule has 0 atom stereocenters. The van der Waals surface area contributed by atoms with Gasteiger partial charge in [0.15, 0.2) is 18.1 Å². The van der Waals surface area contributed by atoms with Gasteiger partial charge in [-0.15, -0.1) is 0 Å². The van der Waals surface area contributed by atoms with Crippen LogP contribution in [0.5, 0.6) is 11.5 Å². The van der Waals surface area contributed by atoms with Crippen molar-refractivity contribution in [2.45, 2.75) is 63.6 Å². The van der Waals surface area contributed by atoms with Crippen LogP contribution in [0.15, 0.2) is 42.5 Å². The van der Waals surface area contributed by atoms with Crippen LogP contribution in [-0.2, 0) is 32.0 Å². The lowest BCUT2D eigenvalue weighted by atomic mass is 9.94. The Labute approximate surface area is 249 Å². The Morgan fingerprint density at radius 3 is 2.51 bits per heavy atom. The van der Waals surface area contributed by atoms with E-state index in [2.05, 4.69) is 27.5 Å². The summed E-state index contributed by atoms with van der Waals surface area (Å²) in [5.41, 5.74) is 1.72. The zero-order valence-electron chi connectivity index (χ0n) is 24.0. The zero-order chi connectivity index (χ0) is 30.7. The van der Waals surface area contributed by atoms with Crippen molar-refractivity contribution in [2.24, 2.45) is 0 Å². The van der Waals surface area contributed by atoms with Crippen LogP contribution >= 0.6 is 0 Å². The third kappa shape index (κ3) is 9.69. The van der Waals surface area contributed by atoms with Gasteiger partial charge >= 0.3 is 12.1 Å². The number of halogens is 3. The van der Waals surface area contributed by atoms with E-state index in [-0.39, 0.29) is 30.0 Å². The number of carbonyl (C=O) groups is 3. The van der Waals surface area contributed by atoms with E-state index in [1.165, 1.54) is 24.1 Å². The van der Waals surface area contributed by atoms with E-state index in [1.54, 1.807) is 0 Å². The van der Waals surface area contributed by atoms with Gasteiger partial charge in [-0.3, -0.25) is 9.59 Å². The molecule has 0 aromatic heterocycles. The quantitative estimate of drug-likeness (QED) is 0.187. The molecule has 0 saturated heterocycles. The second-order valence-corrected chi connectivity index (χ2v) is 10.6. The first kappa shape index (κ1) is 32.3. The highest BCUT2D eigenvalue weighted by molar-refractivity contribution is 5.98. The van der Waals surface area contributed by atoms with Crippen molar-refractivity contribution in [3.63, 3.8) is 0 Å². The molecule has 12 heteroatoms. The minimum Gasteiger partial charge on any atom is -0.481 e. The molecule has 234 valence electrons. The smallest absolute Gasteiger partial charge is 0.481 e. The zero-order valence-corrected chi connectivity index (χ0v) is 24.0. The Bertz CT molecular complexity index is 1240. The average molecular weight is 606 g/mol. The second kappa shape index (κ2) is 15.7. The molecule has 4 rings (SSSR count). The Kier molecular flexibility index (Phi) is 11.8. The van der Waals surface area contributed by atoms with Crippen molar-refractivity contribution in [3.8, 4) is 11.5 Å². The number of alkyl halides is 3. The number of nitrogens with one attached hydrogen (secondary N) is 2. The van der Waals surface area contributed by atoms with Gasteiger partial charge in [0, 0.05) is 19.1 Å². The minimum absolute atomic E-state index is 0.0793. The first-order valence-electron chi connectivity index (χ1n) is 14.7. The van der Waals surface area contributed by atoms with Crippen LogP contribution < -0.4 is 20.1 Å². The molecule has 2 aromatic carbocycles. The third-order valence-electron chi connectivity index (χ3n) is 7.52. The molecule has 0 unspecified atom stereocenters. The number of rotatable bonds is 14. The predicted molar refractivity (Wildman–Crippen MR) is 153 cm³/mol. The fourth-order valence-electron chi connectivity index (χ4n) is 5.33. The highest BCUT2D eigenvalue weighted by Crippen LogP contribution is 2.40. The van der Waals surface area contributed by atoms with Crippen LogP contribution in [0.2, 0.25) is 0 Å². The van der Waals surface area contributed by atoms with Gasteiger partial charge in [-0.2, -0.15) is 13.2 Å². The van der Waals surface area contributed by atoms with E-state index in [1.807, 2.05) is 23.1 Å². The normalized spacial score (nSPS) is 15.3. The molecule has 2 aliphatic rings. The molecule has 1 fully saturated rings. The molecule has 0 radical (unpaired) electrons. The van der Waals surface area contributed by atoms with Gasteiger partial charge in [-0.1, -0.05) is 55.7 Å². The second-order valence-electron chi connectivity index (χ2n) is 10.6. The Morgan fingerprint density at radius 2 is 1.77 bits per heavy atom. The SMILES string of the molecule is O=C1COc2c(CCNCCN(C(=O)CCOCCc3ccccc3)C3CCCCC3)ccc(OC(=O)C(F)(F)F)c2N1. The Hall–Kier alpha value is -3.64. The van der Waals surface area contributed by atoms with E-state index in [9.17, 15) is 27.6 Å². The van der Waals surface area contributed by atoms with E-state index in [4.69, 9.17) is 9.47 Å². The summed E-state index contributed by atoms with van der Waals surface area (Å²) in [5, 5.41) is 5.77. The van der Waals surface area contributed by atoms with Crippen LogP contribution in [0, 0.1) is 0 Å². The summed E-state index contributed by atoms with van der Waals surface area (Å²) < 4.78 is 53.8. The first-order valence-corrected chi connectivity index (χ1v) is 14.7. The number of fused-ring (bicyclic) bond motifs is 1. The maximum absolute atomic E-state index is 13.2. The summed E-state index contributed by atoms with van der Waals surface area (Å²) in [6.07, 6.45) is 1.73. The van der Waals surface area contributed by atoms with Gasteiger partial charge in [0.2, 0.25) is 5.91 Å². The fourth-order valence-corrected chi connectivity index (χ4v) is 5.33. The number of benzene rings is 2. The number of esters is 1. The summed E-state index contributed by atoms with van der Waals surface area (Å²) >= 11 is 0. The summed E-state index contributed by atoms with van der Waals surface area (Å²) in [6, 6.07) is 13.0. The molecule has 1 heterocycles. The highest BCUT2D eigenvalue weighted by atomic mass is 19.4. The van der Waals surface area contributed by atoms with Crippen LogP contribution in [0.1, 0.15) is 49.7 Å². The van der Waals surface area contributed by atoms with Gasteiger partial charge in [-0.25, -0.2) is 4.79 Å². The average Bonchev–Trinajstić information content (AvgIpc) is 3.00. The number of carbonyl (C=O) groups excluding carboxylic acids is 3. The summed E-state index contributed by atoms with van der Waals surface area (Å²) in [4.78, 5) is 38.3. The van der Waals surface area contributed by atoms with Gasteiger partial charge < -0.3 is 29.7 Å². The van der Waals surface area contributed by atoms with Crippen LogP contribution in [0.4, 0.5) is 18.9 Å². The van der Waals surface area contributed by atoms with Gasteiger partial charge in [0.05, 0.1) is 19.6 Å². The largest absolute Gasteiger partial charge is 0.491 e. The highest BCUT2D eigenvalue weighted by Gasteiger charge is 2.42. The minimum atomic E-state index is -5.18. The van der Waals surface area contributed by atoms with Crippen molar-refractivity contribution in [1.29, 1.82) is 0 Å². The van der Waals surface area contributed by atoms with Crippen molar-refractivity contribution in [1.82, 2.24) is 10.2 Å². The molecule has 0 spiro atoms. The van der Waals surface area contributed by atoms with Crippen molar-refractivity contribution in [2.75, 3.05) is 44.8 Å². The van der Waals surface area contributed by atoms with Crippen molar-refractivity contribution < 1.29 is 41.8 Å². The van der Waals surface area contributed by atoms with E-state index >= 15 is 0 Å². The van der Waals surface area contributed by atoms with Gasteiger partial charge in [0.1, 0.15) is 5.69 Å². The number of ether oxygens (including phenoxy) is 3. The third-order valence-corrected chi connectivity index (χ3v) is 7.52. The van der Waals surface area contributed by atoms with Crippen molar-refractivity contribution >= 4 is 23.5 Å². The monoisotopic (exact) mass is 605 g/mol. The molecule has 1 aliphatic carbocycles. The maximum Gasteiger partial charge on any atom is 0.491 e. The lowest BCUT2D eigenvalue weighted by molar-refractivity contribution is -0.189. The number of nitrogens with zero attached hydrogens (tertiary/aromatic N) is 1. The van der Waals surface area contributed by atoms with E-state index in [0.717, 1.165) is 32.1 Å². The first-order chi connectivity index (χ1) is 20.7. The predicted octanol–water partition coefficient (Wildman–Crippen LogP) is 4.43. The maximum atomic E-state index is 13.2. The number of amides is 2. The molecular formula is C31H38F3N3O6. The number of hydrogen-bond acceptors (Lipinski definition) is 7. The molecule has 9 nitrogen and oxygen atoms in total. The fraction of sp³-hybridized carbons (Fsp3) is 0.516. The molecule has 2 amide bonds. The Morgan fingerprint density at radius 1 is 1.00 bits per heavy atom.